The molecular weight excluding hydrogens is 358 g/mol. The number of carbonyl (C=O) groups excluding carboxylic acids is 1. The molecule has 0 aliphatic carbocycles. The first-order chi connectivity index (χ1) is 9.76. The van der Waals surface area contributed by atoms with Crippen molar-refractivity contribution in [1.82, 2.24) is 9.62 Å². The summed E-state index contributed by atoms with van der Waals surface area (Å²) in [5, 5.41) is 0. The molecule has 8 heteroatoms. The Hall–Kier alpha value is -1.12. The molecule has 6 nitrogen and oxygen atoms in total. The van der Waals surface area contributed by atoms with E-state index in [9.17, 15) is 13.2 Å². The van der Waals surface area contributed by atoms with Gasteiger partial charge in [-0.2, -0.15) is 0 Å². The number of halogens is 1. The Bertz CT molecular complexity index is 640. The van der Waals surface area contributed by atoms with Crippen molar-refractivity contribution < 1.29 is 13.2 Å². The molecule has 1 aliphatic heterocycles. The van der Waals surface area contributed by atoms with Gasteiger partial charge in [0.05, 0.1) is 11.8 Å². The third kappa shape index (κ3) is 4.42. The minimum absolute atomic E-state index is 0.107. The number of hydrogen-bond acceptors (Lipinski definition) is 4. The molecule has 1 aliphatic rings. The topological polar surface area (TPSA) is 92.5 Å². The summed E-state index contributed by atoms with van der Waals surface area (Å²) in [5.41, 5.74) is 6.76. The third-order valence-electron chi connectivity index (χ3n) is 3.41. The fourth-order valence-corrected chi connectivity index (χ4v) is 3.59. The zero-order valence-corrected chi connectivity index (χ0v) is 14.1. The molecule has 1 fully saturated rings. The highest BCUT2D eigenvalue weighted by molar-refractivity contribution is 9.10. The average molecular weight is 376 g/mol. The zero-order valence-electron chi connectivity index (χ0n) is 11.7. The van der Waals surface area contributed by atoms with Crippen molar-refractivity contribution in [3.8, 4) is 0 Å². The highest BCUT2D eigenvalue weighted by Crippen LogP contribution is 2.22. The van der Waals surface area contributed by atoms with Gasteiger partial charge < -0.3 is 10.6 Å². The third-order valence-corrected chi connectivity index (χ3v) is 4.66. The van der Waals surface area contributed by atoms with E-state index >= 15 is 0 Å². The van der Waals surface area contributed by atoms with Crippen LogP contribution in [-0.2, 0) is 10.0 Å². The number of nitrogens with zero attached hydrogens (tertiary/aromatic N) is 1. The van der Waals surface area contributed by atoms with Gasteiger partial charge in [-0.1, -0.05) is 15.9 Å². The number of carbonyl (C=O) groups is 1. The van der Waals surface area contributed by atoms with Crippen molar-refractivity contribution in [1.29, 1.82) is 0 Å². The molecule has 1 saturated heterocycles. The van der Waals surface area contributed by atoms with Crippen LogP contribution in [0.25, 0.3) is 0 Å². The number of anilines is 1. The van der Waals surface area contributed by atoms with Crippen molar-refractivity contribution >= 4 is 37.5 Å². The molecule has 21 heavy (non-hydrogen) atoms. The van der Waals surface area contributed by atoms with E-state index in [1.54, 1.807) is 23.1 Å². The minimum atomic E-state index is -3.21. The lowest BCUT2D eigenvalue weighted by Crippen LogP contribution is -2.46. The van der Waals surface area contributed by atoms with Crippen LogP contribution >= 0.6 is 15.9 Å². The largest absolute Gasteiger partial charge is 0.398 e. The van der Waals surface area contributed by atoms with Crippen LogP contribution in [0.1, 0.15) is 23.2 Å². The van der Waals surface area contributed by atoms with Crippen LogP contribution in [0.15, 0.2) is 22.7 Å². The molecule has 116 valence electrons. The minimum Gasteiger partial charge on any atom is -0.398 e. The highest BCUT2D eigenvalue weighted by Gasteiger charge is 2.26. The van der Waals surface area contributed by atoms with E-state index in [2.05, 4.69) is 20.7 Å². The summed E-state index contributed by atoms with van der Waals surface area (Å²) in [7, 11) is -3.21. The standard InChI is InChI=1S/C13H18BrN3O3S/c1-21(19,20)16-10-4-6-17(7-5-10)13(18)11-8-9(14)2-3-12(11)15/h2-3,8,10,16H,4-7,15H2,1H3. The lowest BCUT2D eigenvalue weighted by Gasteiger charge is -2.32. The van der Waals surface area contributed by atoms with Gasteiger partial charge in [-0.05, 0) is 31.0 Å². The van der Waals surface area contributed by atoms with Crippen LogP contribution in [0.5, 0.6) is 0 Å². The summed E-state index contributed by atoms with van der Waals surface area (Å²) in [6.07, 6.45) is 2.35. The number of hydrogen-bond donors (Lipinski definition) is 2. The van der Waals surface area contributed by atoms with E-state index in [1.165, 1.54) is 0 Å². The molecule has 1 aromatic carbocycles. The van der Waals surface area contributed by atoms with Crippen LogP contribution in [0, 0.1) is 0 Å². The van der Waals surface area contributed by atoms with Gasteiger partial charge in [-0.15, -0.1) is 0 Å². The summed E-state index contributed by atoms with van der Waals surface area (Å²) in [4.78, 5) is 14.2. The number of rotatable bonds is 3. The molecule has 1 aromatic rings. The first-order valence-electron chi connectivity index (χ1n) is 6.58. The molecule has 1 amide bonds. The summed E-state index contributed by atoms with van der Waals surface area (Å²) < 4.78 is 25.8. The molecule has 0 radical (unpaired) electrons. The Kier molecular flexibility index (Phi) is 4.90. The normalized spacial score (nSPS) is 17.0. The van der Waals surface area contributed by atoms with Gasteiger partial charge in [-0.25, -0.2) is 13.1 Å². The number of piperidine rings is 1. The number of nitrogens with two attached hydrogens (primary N) is 1. The van der Waals surface area contributed by atoms with Gasteiger partial charge in [0.2, 0.25) is 10.0 Å². The second-order valence-corrected chi connectivity index (χ2v) is 7.88. The van der Waals surface area contributed by atoms with Crippen molar-refractivity contribution in [2.45, 2.75) is 18.9 Å². The smallest absolute Gasteiger partial charge is 0.255 e. The monoisotopic (exact) mass is 375 g/mol. The Morgan fingerprint density at radius 3 is 2.57 bits per heavy atom. The van der Waals surface area contributed by atoms with Crippen LogP contribution < -0.4 is 10.5 Å². The maximum Gasteiger partial charge on any atom is 0.255 e. The molecule has 0 saturated carbocycles. The van der Waals surface area contributed by atoms with Crippen molar-refractivity contribution in [2.24, 2.45) is 0 Å². The van der Waals surface area contributed by atoms with E-state index in [4.69, 9.17) is 5.73 Å². The number of nitrogen functional groups attached to an aromatic ring is 1. The van der Waals surface area contributed by atoms with Gasteiger partial charge in [0, 0.05) is 29.3 Å². The summed E-state index contributed by atoms with van der Waals surface area (Å²) in [6, 6.07) is 5.08. The van der Waals surface area contributed by atoms with Crippen molar-refractivity contribution in [3.05, 3.63) is 28.2 Å². The second kappa shape index (κ2) is 6.33. The SMILES string of the molecule is CS(=O)(=O)NC1CCN(C(=O)c2cc(Br)ccc2N)CC1. The number of amides is 1. The van der Waals surface area contributed by atoms with Gasteiger partial charge in [0.15, 0.2) is 0 Å². The molecular formula is C13H18BrN3O3S. The first-order valence-corrected chi connectivity index (χ1v) is 9.26. The van der Waals surface area contributed by atoms with E-state index in [1.807, 2.05) is 0 Å². The van der Waals surface area contributed by atoms with Crippen LogP contribution in [0.2, 0.25) is 0 Å². The highest BCUT2D eigenvalue weighted by atomic mass is 79.9. The maximum absolute atomic E-state index is 12.5. The van der Waals surface area contributed by atoms with Crippen molar-refractivity contribution in [3.63, 3.8) is 0 Å². The first kappa shape index (κ1) is 16.3. The molecule has 0 unspecified atom stereocenters. The molecule has 0 aromatic heterocycles. The maximum atomic E-state index is 12.5. The fraction of sp³-hybridized carbons (Fsp3) is 0.462. The summed E-state index contributed by atoms with van der Waals surface area (Å²) in [5.74, 6) is -0.119. The summed E-state index contributed by atoms with van der Waals surface area (Å²) >= 11 is 3.33. The van der Waals surface area contributed by atoms with Gasteiger partial charge >= 0.3 is 0 Å². The number of likely N-dealkylation sites (tertiary alicyclic amines) is 1. The van der Waals surface area contributed by atoms with Gasteiger partial charge in [0.1, 0.15) is 0 Å². The Balaban J connectivity index is 2.02. The number of nitrogens with one attached hydrogen (secondary N) is 1. The predicted molar refractivity (Wildman–Crippen MR) is 85.5 cm³/mol. The lowest BCUT2D eigenvalue weighted by atomic mass is 10.0. The van der Waals surface area contributed by atoms with Gasteiger partial charge in [-0.3, -0.25) is 4.79 Å². The Morgan fingerprint density at radius 2 is 2.00 bits per heavy atom. The molecule has 3 N–H and O–H groups in total. The van der Waals surface area contributed by atoms with E-state index in [0.29, 0.717) is 37.2 Å². The lowest BCUT2D eigenvalue weighted by molar-refractivity contribution is 0.0712. The predicted octanol–water partition coefficient (Wildman–Crippen LogP) is 1.19. The van der Waals surface area contributed by atoms with E-state index in [-0.39, 0.29) is 11.9 Å². The number of benzene rings is 1. The van der Waals surface area contributed by atoms with Gasteiger partial charge in [0.25, 0.3) is 5.91 Å². The molecule has 0 atom stereocenters. The molecule has 1 heterocycles. The second-order valence-electron chi connectivity index (χ2n) is 5.19. The average Bonchev–Trinajstić information content (AvgIpc) is 2.40. The van der Waals surface area contributed by atoms with E-state index in [0.717, 1.165) is 10.7 Å². The fourth-order valence-electron chi connectivity index (χ4n) is 2.39. The molecule has 0 spiro atoms. The zero-order chi connectivity index (χ0) is 15.6. The van der Waals surface area contributed by atoms with Crippen LogP contribution in [-0.4, -0.2) is 44.6 Å². The molecule has 2 rings (SSSR count). The van der Waals surface area contributed by atoms with Crippen LogP contribution in [0.3, 0.4) is 0 Å². The summed E-state index contributed by atoms with van der Waals surface area (Å²) in [6.45, 7) is 1.02. The molecule has 0 bridgehead atoms. The Morgan fingerprint density at radius 1 is 1.38 bits per heavy atom. The van der Waals surface area contributed by atoms with Crippen LogP contribution in [0.4, 0.5) is 5.69 Å². The van der Waals surface area contributed by atoms with Crippen molar-refractivity contribution in [2.75, 3.05) is 25.1 Å². The quantitative estimate of drug-likeness (QED) is 0.775. The van der Waals surface area contributed by atoms with E-state index < -0.39 is 10.0 Å². The Labute approximate surface area is 132 Å². The number of sulfonamides is 1.